The fourth-order valence-electron chi connectivity index (χ4n) is 11.3. The summed E-state index contributed by atoms with van der Waals surface area (Å²) >= 11 is 0. The van der Waals surface area contributed by atoms with E-state index in [1.54, 1.807) is 41.1 Å². The molecule has 424 valence electrons. The number of esters is 1. The smallest absolute Gasteiger partial charge is 0.329 e. The molecule has 16 atom stereocenters. The number of cyclic esters (lactones) is 1. The van der Waals surface area contributed by atoms with Crippen molar-refractivity contribution in [3.05, 3.63) is 47.6 Å². The van der Waals surface area contributed by atoms with Gasteiger partial charge in [-0.2, -0.15) is 0 Å². The van der Waals surface area contributed by atoms with Gasteiger partial charge in [0.1, 0.15) is 36.2 Å². The van der Waals surface area contributed by atoms with Crippen LogP contribution in [0.2, 0.25) is 0 Å². The molecule has 0 spiro atoms. The molecule has 4 aliphatic heterocycles. The van der Waals surface area contributed by atoms with Gasteiger partial charge in [0, 0.05) is 58.5 Å². The van der Waals surface area contributed by atoms with Crippen LogP contribution >= 0.6 is 0 Å². The molecule has 2 bridgehead atoms. The Morgan fingerprint density at radius 3 is 2.32 bits per heavy atom. The first-order chi connectivity index (χ1) is 35.8. The normalized spacial score (nSPS) is 36.6. The standard InChI is InChI=1S/C58H91NO16/c1-36-16-12-11-13-17-37(2)49(73-35-45-34-70-25-27-71-45)32-44-21-19-42(7)58(66,75-44)55(63)56(64)59-23-15-14-18-46(59)57(65)74-50(39(4)30-43-20-22-48(51(31-43)68-9)72-26-24-67-8)33-47(60)38(3)29-41(6)53(62)54(69-10)52(61)40(5)28-36/h11-13,16-17,29,36,38-40,42-46,48-51,53-54,62,66H,14-15,18-28,30-35H2,1-10H3/t36-,38-,39-,40-,42-,43+,44+,45+,46+,48-,49-,50+,51-,53-,54+,58-/m1/s1. The van der Waals surface area contributed by atoms with Gasteiger partial charge in [-0.1, -0.05) is 71.1 Å². The second-order valence-electron chi connectivity index (χ2n) is 22.1. The Hall–Kier alpha value is -3.49. The van der Waals surface area contributed by atoms with Gasteiger partial charge in [0.25, 0.3) is 11.7 Å². The number of piperidine rings is 1. The number of rotatable bonds is 12. The Labute approximate surface area is 446 Å². The van der Waals surface area contributed by atoms with Gasteiger partial charge in [0.2, 0.25) is 5.79 Å². The number of Topliss-reactive ketones (excluding diaryl/α,β-unsaturated/α-hetero) is 3. The fraction of sp³-hybridized carbons (Fsp3) is 0.776. The molecule has 4 fully saturated rings. The van der Waals surface area contributed by atoms with E-state index in [1.807, 2.05) is 58.1 Å². The van der Waals surface area contributed by atoms with Crippen LogP contribution in [0.4, 0.5) is 0 Å². The lowest BCUT2D eigenvalue weighted by Crippen LogP contribution is -2.61. The van der Waals surface area contributed by atoms with E-state index in [4.69, 9.17) is 42.6 Å². The summed E-state index contributed by atoms with van der Waals surface area (Å²) in [4.78, 5) is 73.0. The zero-order valence-electron chi connectivity index (χ0n) is 46.6. The van der Waals surface area contributed by atoms with Crippen molar-refractivity contribution < 1.29 is 76.8 Å². The van der Waals surface area contributed by atoms with Gasteiger partial charge in [-0.25, -0.2) is 4.79 Å². The lowest BCUT2D eigenvalue weighted by molar-refractivity contribution is -0.266. The maximum atomic E-state index is 14.6. The predicted molar refractivity (Wildman–Crippen MR) is 280 cm³/mol. The molecule has 0 unspecified atom stereocenters. The number of ether oxygens (including phenoxy) is 9. The van der Waals surface area contributed by atoms with E-state index >= 15 is 0 Å². The van der Waals surface area contributed by atoms with E-state index in [0.29, 0.717) is 83.6 Å². The summed E-state index contributed by atoms with van der Waals surface area (Å²) < 4.78 is 53.4. The number of carbonyl (C=O) groups is 5. The summed E-state index contributed by atoms with van der Waals surface area (Å²) in [6.07, 6.45) is 11.7. The summed E-state index contributed by atoms with van der Waals surface area (Å²) in [7, 11) is 4.68. The third-order valence-electron chi connectivity index (χ3n) is 16.2. The summed E-state index contributed by atoms with van der Waals surface area (Å²) in [5, 5.41) is 23.8. The highest BCUT2D eigenvalue weighted by Gasteiger charge is 2.53. The van der Waals surface area contributed by atoms with Crippen LogP contribution in [0, 0.1) is 35.5 Å². The highest BCUT2D eigenvalue weighted by molar-refractivity contribution is 6.39. The number of hydrogen-bond acceptors (Lipinski definition) is 16. The van der Waals surface area contributed by atoms with E-state index in [1.165, 1.54) is 12.0 Å². The number of carbonyl (C=O) groups excluding carboxylic acids is 5. The van der Waals surface area contributed by atoms with Crippen molar-refractivity contribution in [2.45, 2.75) is 186 Å². The molecule has 2 N–H and O–H groups in total. The first-order valence-electron chi connectivity index (χ1n) is 27.7. The summed E-state index contributed by atoms with van der Waals surface area (Å²) in [5.74, 6) is -8.06. The maximum Gasteiger partial charge on any atom is 0.329 e. The highest BCUT2D eigenvalue weighted by atomic mass is 16.6. The Morgan fingerprint density at radius 2 is 1.61 bits per heavy atom. The molecule has 3 saturated heterocycles. The minimum atomic E-state index is -2.48. The molecule has 0 aromatic rings. The Kier molecular flexibility index (Phi) is 25.4. The van der Waals surface area contributed by atoms with E-state index in [0.717, 1.165) is 18.4 Å². The van der Waals surface area contributed by atoms with Crippen molar-refractivity contribution >= 4 is 29.2 Å². The van der Waals surface area contributed by atoms with Crippen molar-refractivity contribution in [2.24, 2.45) is 35.5 Å². The molecular formula is C58H91NO16. The number of allylic oxidation sites excluding steroid dienone is 6. The SMILES string of the molecule is COCCO[C@@H]1CC[C@@H](C[C@@H](C)[C@@H]2CC(=O)[C@H](C)C=C(C)[C@@H](O)[C@@H](OC)C(=O)[C@H](C)C[C@H](C)C=CC=CC=C(C)[C@H](OC[C@@H]3COCCO3)C[C@@H]3CC[C@@H](C)[C@@](O)(O3)C(=O)C(=O)N3CCCC[C@H]3C(=O)O2)C[C@H]1OC. The van der Waals surface area contributed by atoms with Crippen molar-refractivity contribution in [2.75, 3.05) is 67.5 Å². The minimum Gasteiger partial charge on any atom is -0.460 e. The van der Waals surface area contributed by atoms with Gasteiger partial charge >= 0.3 is 5.97 Å². The molecule has 4 heterocycles. The van der Waals surface area contributed by atoms with Crippen LogP contribution in [0.5, 0.6) is 0 Å². The van der Waals surface area contributed by atoms with Gasteiger partial charge in [0.15, 0.2) is 5.78 Å². The lowest BCUT2D eigenvalue weighted by Gasteiger charge is -2.43. The first kappa shape index (κ1) is 62.4. The molecule has 5 aliphatic rings. The first-order valence-corrected chi connectivity index (χ1v) is 27.7. The van der Waals surface area contributed by atoms with E-state index < -0.39 is 77.8 Å². The molecule has 0 aromatic carbocycles. The number of hydrogen-bond donors (Lipinski definition) is 2. The topological polar surface area (TPSA) is 212 Å². The van der Waals surface area contributed by atoms with Crippen LogP contribution in [-0.2, 0) is 66.6 Å². The number of nitrogens with zero attached hydrogens (tertiary/aromatic N) is 1. The summed E-state index contributed by atoms with van der Waals surface area (Å²) in [6.45, 7) is 15.3. The Bertz CT molecular complexity index is 1980. The number of methoxy groups -OCH3 is 3. The fourth-order valence-corrected chi connectivity index (χ4v) is 11.3. The van der Waals surface area contributed by atoms with Crippen molar-refractivity contribution in [1.29, 1.82) is 0 Å². The molecule has 1 amide bonds. The Morgan fingerprint density at radius 1 is 0.840 bits per heavy atom. The average Bonchev–Trinajstić information content (AvgIpc) is 3.40. The quantitative estimate of drug-likeness (QED) is 0.0908. The van der Waals surface area contributed by atoms with Crippen molar-refractivity contribution in [3.8, 4) is 0 Å². The van der Waals surface area contributed by atoms with Gasteiger partial charge < -0.3 is 57.7 Å². The average molecular weight is 1060 g/mol. The predicted octanol–water partition coefficient (Wildman–Crippen LogP) is 6.64. The van der Waals surface area contributed by atoms with Crippen molar-refractivity contribution in [3.63, 3.8) is 0 Å². The molecular weight excluding hydrogens is 967 g/mol. The molecule has 1 saturated carbocycles. The number of aliphatic hydroxyl groups excluding tert-OH is 1. The molecule has 0 radical (unpaired) electrons. The Balaban J connectivity index is 1.47. The number of aliphatic hydroxyl groups is 2. The maximum absolute atomic E-state index is 14.6. The number of ketones is 3. The lowest BCUT2D eigenvalue weighted by atomic mass is 9.78. The van der Waals surface area contributed by atoms with E-state index in [-0.39, 0.29) is 80.0 Å². The summed E-state index contributed by atoms with van der Waals surface area (Å²) in [6, 6.07) is -1.16. The molecule has 75 heavy (non-hydrogen) atoms. The summed E-state index contributed by atoms with van der Waals surface area (Å²) in [5.41, 5.74) is 1.24. The van der Waals surface area contributed by atoms with Crippen LogP contribution in [0.3, 0.4) is 0 Å². The second kappa shape index (κ2) is 30.6. The van der Waals surface area contributed by atoms with Crippen LogP contribution in [0.1, 0.15) is 126 Å². The van der Waals surface area contributed by atoms with Gasteiger partial charge in [-0.05, 0) is 107 Å². The molecule has 0 aromatic heterocycles. The zero-order valence-corrected chi connectivity index (χ0v) is 46.6. The van der Waals surface area contributed by atoms with Crippen molar-refractivity contribution in [1.82, 2.24) is 4.90 Å². The number of fused-ring (bicyclic) bond motifs is 3. The van der Waals surface area contributed by atoms with Crippen LogP contribution < -0.4 is 0 Å². The molecule has 1 aliphatic carbocycles. The highest BCUT2D eigenvalue weighted by Crippen LogP contribution is 2.38. The molecule has 17 heteroatoms. The third-order valence-corrected chi connectivity index (χ3v) is 16.2. The monoisotopic (exact) mass is 1060 g/mol. The minimum absolute atomic E-state index is 0.00616. The van der Waals surface area contributed by atoms with Crippen LogP contribution in [0.25, 0.3) is 0 Å². The van der Waals surface area contributed by atoms with Gasteiger partial charge in [-0.15, -0.1) is 0 Å². The van der Waals surface area contributed by atoms with E-state index in [9.17, 15) is 34.2 Å². The van der Waals surface area contributed by atoms with Crippen LogP contribution in [0.15, 0.2) is 47.6 Å². The molecule has 17 nitrogen and oxygen atoms in total. The van der Waals surface area contributed by atoms with E-state index in [2.05, 4.69) is 0 Å². The molecule has 5 rings (SSSR count). The van der Waals surface area contributed by atoms with Gasteiger partial charge in [-0.3, -0.25) is 19.2 Å². The third kappa shape index (κ3) is 17.8. The van der Waals surface area contributed by atoms with Gasteiger partial charge in [0.05, 0.1) is 64.1 Å². The second-order valence-corrected chi connectivity index (χ2v) is 22.1. The largest absolute Gasteiger partial charge is 0.460 e. The zero-order chi connectivity index (χ0) is 54.8. The number of amides is 1. The van der Waals surface area contributed by atoms with Crippen LogP contribution in [-0.4, -0.2) is 173 Å².